The molecule has 0 saturated heterocycles. The number of hydrogen-bond donors (Lipinski definition) is 2. The van der Waals surface area contributed by atoms with Crippen LogP contribution < -0.4 is 10.9 Å². The van der Waals surface area contributed by atoms with Gasteiger partial charge in [-0.05, 0) is 6.92 Å². The molecular weight excluding hydrogens is 128 g/mol. The Labute approximate surface area is 48.2 Å². The van der Waals surface area contributed by atoms with E-state index >= 15 is 0 Å². The molecule has 0 aliphatic rings. The largest absolute Gasteiger partial charge is 0.389 e. The fraction of sp³-hybridized carbons (Fsp3) is 0.333. The zero-order chi connectivity index (χ0) is 6.78. The first-order valence-corrected chi connectivity index (χ1v) is 3.47. The molecule has 48 valence electrons. The predicted molar refractivity (Wildman–Crippen MR) is 31.1 cm³/mol. The van der Waals surface area contributed by atoms with Crippen molar-refractivity contribution in [3.63, 3.8) is 0 Å². The quantitative estimate of drug-likeness (QED) is 0.489. The Kier molecular flexibility index (Phi) is 2.00. The molecule has 0 radical (unpaired) electrons. The second kappa shape index (κ2) is 2.15. The molecule has 0 aliphatic heterocycles. The van der Waals surface area contributed by atoms with E-state index in [0.717, 1.165) is 0 Å². The topological polar surface area (TPSA) is 86.2 Å². The van der Waals surface area contributed by atoms with E-state index in [9.17, 15) is 8.42 Å². The second-order valence-corrected chi connectivity index (χ2v) is 2.80. The summed E-state index contributed by atoms with van der Waals surface area (Å²) in [6, 6.07) is 0. The minimum absolute atomic E-state index is 0.294. The lowest BCUT2D eigenvalue weighted by molar-refractivity contribution is 0.603. The Balaban J connectivity index is 4.55. The van der Waals surface area contributed by atoms with Crippen LogP contribution in [0.3, 0.4) is 0 Å². The molecule has 0 aliphatic carbocycles. The molecule has 0 fully saturated rings. The number of primary sulfonamides is 1. The van der Waals surface area contributed by atoms with Crippen molar-refractivity contribution in [2.45, 2.75) is 6.92 Å². The van der Waals surface area contributed by atoms with Crippen LogP contribution >= 0.6 is 0 Å². The summed E-state index contributed by atoms with van der Waals surface area (Å²) in [5, 5.41) is 4.27. The zero-order valence-corrected chi connectivity index (χ0v) is 5.27. The number of rotatable bonds is 1. The van der Waals surface area contributed by atoms with Gasteiger partial charge >= 0.3 is 0 Å². The summed E-state index contributed by atoms with van der Waals surface area (Å²) in [6.07, 6.45) is 1.23. The first kappa shape index (κ1) is 7.45. The average Bonchev–Trinajstić information content (AvgIpc) is 1.62. The van der Waals surface area contributed by atoms with Crippen LogP contribution in [0.1, 0.15) is 6.92 Å². The van der Waals surface area contributed by atoms with E-state index in [1.54, 1.807) is 0 Å². The van der Waals surface area contributed by atoms with Crippen molar-refractivity contribution in [1.82, 2.24) is 0 Å². The van der Waals surface area contributed by atoms with E-state index in [4.69, 9.17) is 5.73 Å². The van der Waals surface area contributed by atoms with Gasteiger partial charge < -0.3 is 5.73 Å². The maximum Gasteiger partial charge on any atom is 0.252 e. The summed E-state index contributed by atoms with van der Waals surface area (Å²) in [4.78, 5) is 0. The van der Waals surface area contributed by atoms with Crippen molar-refractivity contribution in [3.05, 3.63) is 11.1 Å². The summed E-state index contributed by atoms with van der Waals surface area (Å²) in [7, 11) is -3.61. The Hall–Kier alpha value is -0.550. The summed E-state index contributed by atoms with van der Waals surface area (Å²) in [5.41, 5.74) is 4.90. The lowest BCUT2D eigenvalue weighted by Gasteiger charge is -1.91. The smallest absolute Gasteiger partial charge is 0.252 e. The molecular formula is C3H8N2O2S. The van der Waals surface area contributed by atoms with E-state index in [0.29, 0.717) is 0 Å². The normalized spacial score (nSPS) is 14.0. The third-order valence-electron chi connectivity index (χ3n) is 0.613. The zero-order valence-electron chi connectivity index (χ0n) is 4.46. The van der Waals surface area contributed by atoms with Gasteiger partial charge in [-0.25, -0.2) is 13.6 Å². The van der Waals surface area contributed by atoms with Crippen LogP contribution in [0.4, 0.5) is 0 Å². The standard InChI is InChI=1S/C3H8N2O2S/c1-2-3(4)8(5,6)7/h2H,4H2,1H3,(H2,5,6,7). The van der Waals surface area contributed by atoms with Crippen LogP contribution in [0.2, 0.25) is 0 Å². The Morgan fingerprint density at radius 1 is 1.62 bits per heavy atom. The molecule has 0 rings (SSSR count). The van der Waals surface area contributed by atoms with Crippen LogP contribution in [0.15, 0.2) is 11.1 Å². The molecule has 0 saturated carbocycles. The maximum absolute atomic E-state index is 10.1. The molecule has 4 N–H and O–H groups in total. The first-order chi connectivity index (χ1) is 3.48. The van der Waals surface area contributed by atoms with Gasteiger partial charge in [0.2, 0.25) is 0 Å². The van der Waals surface area contributed by atoms with Gasteiger partial charge in [-0.1, -0.05) is 6.08 Å². The lowest BCUT2D eigenvalue weighted by Crippen LogP contribution is -2.19. The Bertz CT molecular complexity index is 191. The summed E-state index contributed by atoms with van der Waals surface area (Å²) < 4.78 is 20.3. The average molecular weight is 136 g/mol. The van der Waals surface area contributed by atoms with E-state index in [-0.39, 0.29) is 5.03 Å². The third-order valence-corrected chi connectivity index (χ3v) is 1.51. The number of allylic oxidation sites excluding steroid dienone is 1. The molecule has 0 aromatic heterocycles. The van der Waals surface area contributed by atoms with Gasteiger partial charge in [-0.2, -0.15) is 0 Å². The van der Waals surface area contributed by atoms with Crippen molar-refractivity contribution in [3.8, 4) is 0 Å². The van der Waals surface area contributed by atoms with Crippen molar-refractivity contribution < 1.29 is 8.42 Å². The predicted octanol–water partition coefficient (Wildman–Crippen LogP) is -0.905. The first-order valence-electron chi connectivity index (χ1n) is 1.93. The highest BCUT2D eigenvalue weighted by molar-refractivity contribution is 7.92. The monoisotopic (exact) mass is 136 g/mol. The third kappa shape index (κ3) is 1.94. The van der Waals surface area contributed by atoms with Gasteiger partial charge in [-0.15, -0.1) is 0 Å². The summed E-state index contributed by atoms with van der Waals surface area (Å²) in [5.74, 6) is 0. The molecule has 0 heterocycles. The molecule has 0 aromatic carbocycles. The minimum Gasteiger partial charge on any atom is -0.389 e. The van der Waals surface area contributed by atoms with Crippen LogP contribution in [-0.4, -0.2) is 8.42 Å². The highest BCUT2D eigenvalue weighted by Crippen LogP contribution is 1.87. The number of hydrogen-bond acceptors (Lipinski definition) is 3. The highest BCUT2D eigenvalue weighted by Gasteiger charge is 2.02. The van der Waals surface area contributed by atoms with Crippen molar-refractivity contribution in [2.75, 3.05) is 0 Å². The van der Waals surface area contributed by atoms with Crippen LogP contribution in [0, 0.1) is 0 Å². The van der Waals surface area contributed by atoms with Gasteiger partial charge in [0.1, 0.15) is 5.03 Å². The maximum atomic E-state index is 10.1. The lowest BCUT2D eigenvalue weighted by atomic mass is 10.7. The number of sulfonamides is 1. The Morgan fingerprint density at radius 3 is 2.00 bits per heavy atom. The van der Waals surface area contributed by atoms with Gasteiger partial charge in [0.25, 0.3) is 10.0 Å². The molecule has 0 aromatic rings. The van der Waals surface area contributed by atoms with E-state index in [1.165, 1.54) is 13.0 Å². The summed E-state index contributed by atoms with van der Waals surface area (Å²) >= 11 is 0. The summed E-state index contributed by atoms with van der Waals surface area (Å²) in [6.45, 7) is 1.50. The fourth-order valence-corrected chi connectivity index (χ4v) is 0.493. The van der Waals surface area contributed by atoms with Crippen LogP contribution in [-0.2, 0) is 10.0 Å². The second-order valence-electron chi connectivity index (χ2n) is 1.24. The fourth-order valence-electron chi connectivity index (χ4n) is 0.164. The SMILES string of the molecule is CC=C(N)S(N)(=O)=O. The molecule has 0 unspecified atom stereocenters. The van der Waals surface area contributed by atoms with E-state index in [2.05, 4.69) is 5.14 Å². The van der Waals surface area contributed by atoms with Crippen molar-refractivity contribution in [2.24, 2.45) is 10.9 Å². The van der Waals surface area contributed by atoms with Gasteiger partial charge in [-0.3, -0.25) is 0 Å². The van der Waals surface area contributed by atoms with Crippen LogP contribution in [0.5, 0.6) is 0 Å². The Morgan fingerprint density at radius 2 is 2.00 bits per heavy atom. The molecule has 0 bridgehead atoms. The van der Waals surface area contributed by atoms with Crippen LogP contribution in [0.25, 0.3) is 0 Å². The van der Waals surface area contributed by atoms with Gasteiger partial charge in [0, 0.05) is 0 Å². The molecule has 5 heteroatoms. The van der Waals surface area contributed by atoms with E-state index in [1.807, 2.05) is 0 Å². The van der Waals surface area contributed by atoms with Crippen molar-refractivity contribution >= 4 is 10.0 Å². The van der Waals surface area contributed by atoms with Gasteiger partial charge in [0.05, 0.1) is 0 Å². The van der Waals surface area contributed by atoms with Gasteiger partial charge in [0.15, 0.2) is 0 Å². The highest BCUT2D eigenvalue weighted by atomic mass is 32.2. The molecule has 0 amide bonds. The van der Waals surface area contributed by atoms with Crippen molar-refractivity contribution in [1.29, 1.82) is 0 Å². The minimum atomic E-state index is -3.61. The molecule has 0 spiro atoms. The molecule has 0 atom stereocenters. The molecule has 4 nitrogen and oxygen atoms in total. The number of nitrogens with two attached hydrogens (primary N) is 2. The molecule has 8 heavy (non-hydrogen) atoms. The van der Waals surface area contributed by atoms with E-state index < -0.39 is 10.0 Å².